The maximum Gasteiger partial charge on any atom is 0.272 e. The van der Waals surface area contributed by atoms with Crippen LogP contribution in [0.3, 0.4) is 0 Å². The molecule has 1 aliphatic rings. The van der Waals surface area contributed by atoms with Crippen LogP contribution in [0.1, 0.15) is 22.3 Å². The quantitative estimate of drug-likeness (QED) is 0.316. The number of hydrogen-bond donors (Lipinski definition) is 0. The van der Waals surface area contributed by atoms with Crippen LogP contribution >= 0.6 is 23.1 Å². The molecule has 32 heavy (non-hydrogen) atoms. The summed E-state index contributed by atoms with van der Waals surface area (Å²) in [7, 11) is 0. The molecule has 5 rings (SSSR count). The molecule has 5 nitrogen and oxygen atoms in total. The van der Waals surface area contributed by atoms with Crippen molar-refractivity contribution in [2.75, 3.05) is 17.2 Å². The first-order valence-corrected chi connectivity index (χ1v) is 12.4. The first-order chi connectivity index (χ1) is 15.5. The van der Waals surface area contributed by atoms with Crippen LogP contribution in [0, 0.1) is 13.8 Å². The van der Waals surface area contributed by atoms with E-state index in [0.717, 1.165) is 17.7 Å². The Labute approximate surface area is 194 Å². The van der Waals surface area contributed by atoms with E-state index >= 15 is 0 Å². The molecule has 0 radical (unpaired) electrons. The summed E-state index contributed by atoms with van der Waals surface area (Å²) in [5.41, 5.74) is 6.30. The fourth-order valence-corrected chi connectivity index (χ4v) is 5.71. The number of amides is 1. The van der Waals surface area contributed by atoms with Crippen molar-refractivity contribution in [2.45, 2.75) is 32.0 Å². The van der Waals surface area contributed by atoms with E-state index in [-0.39, 0.29) is 17.2 Å². The van der Waals surface area contributed by atoms with Gasteiger partial charge in [0.15, 0.2) is 5.16 Å². The lowest BCUT2D eigenvalue weighted by Crippen LogP contribution is -2.31. The second-order valence-corrected chi connectivity index (χ2v) is 9.91. The smallest absolute Gasteiger partial charge is 0.272 e. The minimum atomic E-state index is -0.0512. The maximum atomic E-state index is 13.3. The average Bonchev–Trinajstić information content (AvgIpc) is 3.44. The molecule has 1 amide bonds. The summed E-state index contributed by atoms with van der Waals surface area (Å²) in [6.07, 6.45) is 0.878. The van der Waals surface area contributed by atoms with Gasteiger partial charge >= 0.3 is 0 Å². The second-order valence-electron chi connectivity index (χ2n) is 8.05. The predicted molar refractivity (Wildman–Crippen MR) is 132 cm³/mol. The highest BCUT2D eigenvalue weighted by molar-refractivity contribution is 7.99. The molecule has 2 aromatic heterocycles. The van der Waals surface area contributed by atoms with E-state index in [1.165, 1.54) is 39.8 Å². The van der Waals surface area contributed by atoms with Crippen molar-refractivity contribution < 1.29 is 4.79 Å². The fourth-order valence-electron chi connectivity index (χ4n) is 4.06. The van der Waals surface area contributed by atoms with Gasteiger partial charge in [-0.2, -0.15) is 0 Å². The van der Waals surface area contributed by atoms with Crippen molar-refractivity contribution in [1.29, 1.82) is 0 Å². The van der Waals surface area contributed by atoms with E-state index in [0.29, 0.717) is 28.5 Å². The monoisotopic (exact) mass is 461 g/mol. The van der Waals surface area contributed by atoms with E-state index in [2.05, 4.69) is 32.0 Å². The number of nitrogens with zero attached hydrogens (tertiary/aromatic N) is 3. The Morgan fingerprint density at radius 1 is 1.12 bits per heavy atom. The molecule has 2 aromatic carbocycles. The molecule has 7 heteroatoms. The van der Waals surface area contributed by atoms with E-state index < -0.39 is 0 Å². The largest absolute Gasteiger partial charge is 0.311 e. The van der Waals surface area contributed by atoms with Gasteiger partial charge in [-0.25, -0.2) is 4.98 Å². The van der Waals surface area contributed by atoms with Gasteiger partial charge in [0.2, 0.25) is 5.91 Å². The average molecular weight is 462 g/mol. The zero-order valence-corrected chi connectivity index (χ0v) is 19.6. The van der Waals surface area contributed by atoms with Crippen molar-refractivity contribution in [2.24, 2.45) is 0 Å². The number of thiophene rings is 1. The Balaban J connectivity index is 1.44. The van der Waals surface area contributed by atoms with Crippen LogP contribution in [-0.2, 0) is 17.8 Å². The van der Waals surface area contributed by atoms with Crippen LogP contribution in [-0.4, -0.2) is 27.8 Å². The topological polar surface area (TPSA) is 55.2 Å². The third-order valence-electron chi connectivity index (χ3n) is 5.96. The third-order valence-corrected chi connectivity index (χ3v) is 7.81. The molecule has 0 atom stereocenters. The number of para-hydroxylation sites is 1. The number of fused-ring (bicyclic) bond motifs is 2. The normalized spacial score (nSPS) is 13.0. The molecule has 0 N–H and O–H groups in total. The highest BCUT2D eigenvalue weighted by atomic mass is 32.2. The van der Waals surface area contributed by atoms with Crippen molar-refractivity contribution in [1.82, 2.24) is 9.55 Å². The van der Waals surface area contributed by atoms with E-state index in [1.54, 1.807) is 4.57 Å². The lowest BCUT2D eigenvalue weighted by Gasteiger charge is -2.18. The lowest BCUT2D eigenvalue weighted by atomic mass is 10.1. The summed E-state index contributed by atoms with van der Waals surface area (Å²) >= 11 is 2.75. The zero-order valence-electron chi connectivity index (χ0n) is 18.0. The van der Waals surface area contributed by atoms with Gasteiger partial charge in [-0.15, -0.1) is 11.3 Å². The molecular formula is C25H23N3O2S2. The molecule has 0 fully saturated rings. The Morgan fingerprint density at radius 2 is 1.97 bits per heavy atom. The van der Waals surface area contributed by atoms with Crippen molar-refractivity contribution in [3.8, 4) is 0 Å². The minimum Gasteiger partial charge on any atom is -0.311 e. The van der Waals surface area contributed by atoms with Gasteiger partial charge < -0.3 is 4.90 Å². The van der Waals surface area contributed by atoms with Crippen LogP contribution in [0.4, 0.5) is 5.69 Å². The Hall–Kier alpha value is -2.90. The standard InChI is InChI=1S/C25H23N3O2S2/c1-16-7-8-18(13-17(16)2)14-28-24(30)23-20(10-12-31-23)26-25(28)32-15-22(29)27-11-9-19-5-3-4-6-21(19)27/h3-8,10,12-13H,9,11,14-15H2,1-2H3. The number of hydrogen-bond acceptors (Lipinski definition) is 5. The highest BCUT2D eigenvalue weighted by Crippen LogP contribution is 2.29. The second kappa shape index (κ2) is 8.56. The molecule has 162 valence electrons. The maximum absolute atomic E-state index is 13.3. The Morgan fingerprint density at radius 3 is 2.81 bits per heavy atom. The van der Waals surface area contributed by atoms with Gasteiger partial charge in [-0.1, -0.05) is 48.2 Å². The third kappa shape index (κ3) is 3.87. The Bertz CT molecular complexity index is 1390. The number of benzene rings is 2. The summed E-state index contributed by atoms with van der Waals surface area (Å²) < 4.78 is 2.36. The number of carbonyl (C=O) groups excluding carboxylic acids is 1. The van der Waals surface area contributed by atoms with Gasteiger partial charge in [-0.05, 0) is 60.0 Å². The molecule has 1 aliphatic heterocycles. The molecule has 0 saturated carbocycles. The summed E-state index contributed by atoms with van der Waals surface area (Å²) in [6, 6.07) is 16.1. The summed E-state index contributed by atoms with van der Waals surface area (Å²) in [4.78, 5) is 32.9. The lowest BCUT2D eigenvalue weighted by molar-refractivity contribution is -0.116. The summed E-state index contributed by atoms with van der Waals surface area (Å²) in [5.74, 6) is 0.279. The van der Waals surface area contributed by atoms with Gasteiger partial charge in [0, 0.05) is 12.2 Å². The molecule has 0 unspecified atom stereocenters. The Kier molecular flexibility index (Phi) is 5.61. The predicted octanol–water partition coefficient (Wildman–Crippen LogP) is 4.80. The zero-order chi connectivity index (χ0) is 22.2. The van der Waals surface area contributed by atoms with Gasteiger partial charge in [0.1, 0.15) is 4.70 Å². The van der Waals surface area contributed by atoms with Crippen molar-refractivity contribution in [3.05, 3.63) is 86.5 Å². The molecule has 0 aliphatic carbocycles. The van der Waals surface area contributed by atoms with E-state index in [9.17, 15) is 9.59 Å². The summed E-state index contributed by atoms with van der Waals surface area (Å²) in [5, 5.41) is 2.47. The van der Waals surface area contributed by atoms with Crippen LogP contribution in [0.2, 0.25) is 0 Å². The van der Waals surface area contributed by atoms with Gasteiger partial charge in [0.25, 0.3) is 5.56 Å². The van der Waals surface area contributed by atoms with Crippen LogP contribution in [0.25, 0.3) is 10.2 Å². The number of anilines is 1. The first-order valence-electron chi connectivity index (χ1n) is 10.6. The number of aryl methyl sites for hydroxylation is 2. The number of thioether (sulfide) groups is 1. The molecular weight excluding hydrogens is 438 g/mol. The fraction of sp³-hybridized carbons (Fsp3) is 0.240. The number of rotatable bonds is 5. The van der Waals surface area contributed by atoms with Crippen molar-refractivity contribution in [3.63, 3.8) is 0 Å². The molecule has 0 saturated heterocycles. The van der Waals surface area contributed by atoms with Crippen molar-refractivity contribution >= 4 is 44.9 Å². The summed E-state index contributed by atoms with van der Waals surface area (Å²) in [6.45, 7) is 5.29. The van der Waals surface area contributed by atoms with Crippen LogP contribution in [0.5, 0.6) is 0 Å². The van der Waals surface area contributed by atoms with E-state index in [1.807, 2.05) is 40.6 Å². The SMILES string of the molecule is Cc1ccc(Cn2c(SCC(=O)N3CCc4ccccc43)nc3ccsc3c2=O)cc1C. The van der Waals surface area contributed by atoms with E-state index in [4.69, 9.17) is 4.98 Å². The molecule has 4 aromatic rings. The van der Waals surface area contributed by atoms with Gasteiger partial charge in [0.05, 0.1) is 17.8 Å². The minimum absolute atomic E-state index is 0.0392. The van der Waals surface area contributed by atoms with Crippen LogP contribution in [0.15, 0.2) is 63.9 Å². The van der Waals surface area contributed by atoms with Crippen LogP contribution < -0.4 is 10.5 Å². The molecule has 0 spiro atoms. The first kappa shape index (κ1) is 21.0. The van der Waals surface area contributed by atoms with Gasteiger partial charge in [-0.3, -0.25) is 14.2 Å². The molecule has 3 heterocycles. The number of carbonyl (C=O) groups is 1. The highest BCUT2D eigenvalue weighted by Gasteiger charge is 2.25. The molecule has 0 bridgehead atoms. The number of aromatic nitrogens is 2.